The fourth-order valence-electron chi connectivity index (χ4n) is 1.67. The largest absolute Gasteiger partial charge is 0.363 e. The Morgan fingerprint density at radius 3 is 2.90 bits per heavy atom. The molecule has 0 fully saturated rings. The van der Waals surface area contributed by atoms with Gasteiger partial charge in [0.2, 0.25) is 0 Å². The number of carbonyl (C=O) groups excluding carboxylic acids is 1. The Bertz CT molecular complexity index is 594. The number of nitrogens with zero attached hydrogens (tertiary/aromatic N) is 3. The van der Waals surface area contributed by atoms with Crippen molar-refractivity contribution in [1.29, 1.82) is 0 Å². The van der Waals surface area contributed by atoms with E-state index in [1.54, 1.807) is 29.7 Å². The van der Waals surface area contributed by atoms with Gasteiger partial charge in [-0.15, -0.1) is 11.3 Å². The number of hydrogen-bond acceptors (Lipinski definition) is 5. The number of anilines is 1. The first-order valence-electron chi connectivity index (χ1n) is 6.45. The molecule has 0 spiro atoms. The average Bonchev–Trinajstić information content (AvgIpc) is 2.93. The summed E-state index contributed by atoms with van der Waals surface area (Å²) in [5.41, 5.74) is 1.51. The van der Waals surface area contributed by atoms with Crippen LogP contribution in [0, 0.1) is 0 Å². The van der Waals surface area contributed by atoms with Gasteiger partial charge in [0, 0.05) is 31.2 Å². The topological polar surface area (TPSA) is 58.1 Å². The maximum Gasteiger partial charge on any atom is 0.251 e. The molecule has 0 aromatic carbocycles. The van der Waals surface area contributed by atoms with Crippen molar-refractivity contribution in [3.63, 3.8) is 0 Å². The van der Waals surface area contributed by atoms with Gasteiger partial charge in [-0.1, -0.05) is 6.92 Å². The van der Waals surface area contributed by atoms with Crippen LogP contribution in [-0.2, 0) is 13.0 Å². The van der Waals surface area contributed by atoms with E-state index in [-0.39, 0.29) is 5.91 Å². The zero-order valence-corrected chi connectivity index (χ0v) is 12.7. The summed E-state index contributed by atoms with van der Waals surface area (Å²) in [4.78, 5) is 22.6. The van der Waals surface area contributed by atoms with E-state index in [4.69, 9.17) is 0 Å². The summed E-state index contributed by atoms with van der Waals surface area (Å²) in [5, 5.41) is 5.95. The highest BCUT2D eigenvalue weighted by atomic mass is 32.1. The van der Waals surface area contributed by atoms with Crippen LogP contribution in [0.4, 0.5) is 5.82 Å². The van der Waals surface area contributed by atoms with Crippen LogP contribution >= 0.6 is 11.3 Å². The Kier molecular flexibility index (Phi) is 4.68. The molecule has 0 aliphatic rings. The van der Waals surface area contributed by atoms with Crippen LogP contribution in [0.15, 0.2) is 23.7 Å². The number of pyridine rings is 1. The fraction of sp³-hybridized carbons (Fsp3) is 0.357. The third kappa shape index (κ3) is 3.54. The summed E-state index contributed by atoms with van der Waals surface area (Å²) in [7, 11) is 3.79. The number of hydrogen-bond donors (Lipinski definition) is 1. The summed E-state index contributed by atoms with van der Waals surface area (Å²) in [6, 6.07) is 3.48. The molecule has 0 unspecified atom stereocenters. The summed E-state index contributed by atoms with van der Waals surface area (Å²) in [6.45, 7) is 2.52. The third-order valence-corrected chi connectivity index (χ3v) is 3.84. The van der Waals surface area contributed by atoms with E-state index in [1.807, 2.05) is 24.4 Å². The van der Waals surface area contributed by atoms with Gasteiger partial charge in [0.15, 0.2) is 0 Å². The minimum absolute atomic E-state index is 0.110. The quantitative estimate of drug-likeness (QED) is 0.916. The highest BCUT2D eigenvalue weighted by molar-refractivity contribution is 7.09. The van der Waals surface area contributed by atoms with Crippen molar-refractivity contribution in [2.75, 3.05) is 19.0 Å². The summed E-state index contributed by atoms with van der Waals surface area (Å²) >= 11 is 1.62. The summed E-state index contributed by atoms with van der Waals surface area (Å²) in [5.74, 6) is 0.654. The van der Waals surface area contributed by atoms with Crippen LogP contribution in [0.3, 0.4) is 0 Å². The Labute approximate surface area is 122 Å². The molecule has 20 heavy (non-hydrogen) atoms. The molecule has 0 saturated carbocycles. The lowest BCUT2D eigenvalue weighted by Gasteiger charge is -2.11. The van der Waals surface area contributed by atoms with Gasteiger partial charge in [-0.2, -0.15) is 0 Å². The molecule has 2 aromatic rings. The Morgan fingerprint density at radius 2 is 2.25 bits per heavy atom. The highest BCUT2D eigenvalue weighted by Gasteiger charge is 2.08. The van der Waals surface area contributed by atoms with Gasteiger partial charge >= 0.3 is 0 Å². The number of amides is 1. The Morgan fingerprint density at radius 1 is 1.45 bits per heavy atom. The fourth-order valence-corrected chi connectivity index (χ4v) is 2.41. The lowest BCUT2D eigenvalue weighted by Crippen LogP contribution is -2.23. The van der Waals surface area contributed by atoms with E-state index in [0.29, 0.717) is 12.1 Å². The molecular weight excluding hydrogens is 272 g/mol. The molecule has 2 rings (SSSR count). The van der Waals surface area contributed by atoms with E-state index >= 15 is 0 Å². The first kappa shape index (κ1) is 14.5. The molecule has 0 atom stereocenters. The molecule has 1 amide bonds. The molecular formula is C14H18N4OS. The van der Waals surface area contributed by atoms with E-state index in [9.17, 15) is 4.79 Å². The Balaban J connectivity index is 1.99. The van der Waals surface area contributed by atoms with Crippen LogP contribution < -0.4 is 10.2 Å². The number of thiazole rings is 1. The van der Waals surface area contributed by atoms with Crippen LogP contribution in [0.2, 0.25) is 0 Å². The van der Waals surface area contributed by atoms with Gasteiger partial charge in [-0.3, -0.25) is 4.79 Å². The molecule has 106 valence electrons. The molecule has 2 aromatic heterocycles. The first-order valence-corrected chi connectivity index (χ1v) is 7.33. The number of carbonyl (C=O) groups is 1. The molecule has 0 saturated heterocycles. The maximum absolute atomic E-state index is 12.1. The Hall–Kier alpha value is -1.95. The third-order valence-electron chi connectivity index (χ3n) is 2.80. The number of nitrogens with one attached hydrogen (secondary N) is 1. The van der Waals surface area contributed by atoms with Gasteiger partial charge in [-0.05, 0) is 18.6 Å². The van der Waals surface area contributed by atoms with Crippen molar-refractivity contribution < 1.29 is 4.79 Å². The monoisotopic (exact) mass is 290 g/mol. The second-order valence-corrected chi connectivity index (χ2v) is 5.51. The van der Waals surface area contributed by atoms with Crippen LogP contribution in [-0.4, -0.2) is 30.0 Å². The highest BCUT2D eigenvalue weighted by Crippen LogP contribution is 2.11. The van der Waals surface area contributed by atoms with E-state index in [2.05, 4.69) is 22.2 Å². The zero-order chi connectivity index (χ0) is 14.5. The maximum atomic E-state index is 12.1. The van der Waals surface area contributed by atoms with Gasteiger partial charge in [0.1, 0.15) is 5.82 Å². The van der Waals surface area contributed by atoms with Gasteiger partial charge in [-0.25, -0.2) is 9.97 Å². The lowest BCUT2D eigenvalue weighted by atomic mass is 10.2. The molecule has 0 bridgehead atoms. The molecule has 2 heterocycles. The molecule has 5 nitrogen and oxygen atoms in total. The molecule has 6 heteroatoms. The van der Waals surface area contributed by atoms with Crippen molar-refractivity contribution in [1.82, 2.24) is 15.3 Å². The second kappa shape index (κ2) is 6.47. The minimum Gasteiger partial charge on any atom is -0.363 e. The van der Waals surface area contributed by atoms with Crippen molar-refractivity contribution in [3.05, 3.63) is 40.0 Å². The number of aryl methyl sites for hydroxylation is 1. The average molecular weight is 290 g/mol. The van der Waals surface area contributed by atoms with Crippen molar-refractivity contribution in [3.8, 4) is 0 Å². The predicted octanol–water partition coefficient (Wildman–Crippen LogP) is 2.10. The first-order chi connectivity index (χ1) is 9.60. The SMILES string of the molecule is CCc1nc(CNC(=O)c2ccnc(N(C)C)c2)cs1. The van der Waals surface area contributed by atoms with E-state index in [0.717, 1.165) is 22.9 Å². The normalized spacial score (nSPS) is 10.3. The van der Waals surface area contributed by atoms with Crippen molar-refractivity contribution in [2.45, 2.75) is 19.9 Å². The summed E-state index contributed by atoms with van der Waals surface area (Å²) in [6.07, 6.45) is 2.57. The smallest absolute Gasteiger partial charge is 0.251 e. The van der Waals surface area contributed by atoms with Gasteiger partial charge < -0.3 is 10.2 Å². The molecule has 0 aliphatic carbocycles. The zero-order valence-electron chi connectivity index (χ0n) is 11.9. The van der Waals surface area contributed by atoms with Gasteiger partial charge in [0.05, 0.1) is 17.2 Å². The molecule has 1 N–H and O–H groups in total. The van der Waals surface area contributed by atoms with Gasteiger partial charge in [0.25, 0.3) is 5.91 Å². The second-order valence-electron chi connectivity index (χ2n) is 4.57. The lowest BCUT2D eigenvalue weighted by molar-refractivity contribution is 0.0950. The molecule has 0 aliphatic heterocycles. The number of rotatable bonds is 5. The van der Waals surface area contributed by atoms with Crippen LogP contribution in [0.1, 0.15) is 28.0 Å². The predicted molar refractivity (Wildman–Crippen MR) is 81.2 cm³/mol. The van der Waals surface area contributed by atoms with Crippen molar-refractivity contribution >= 4 is 23.1 Å². The van der Waals surface area contributed by atoms with Crippen molar-refractivity contribution in [2.24, 2.45) is 0 Å². The molecule has 0 radical (unpaired) electrons. The van der Waals surface area contributed by atoms with Crippen LogP contribution in [0.25, 0.3) is 0 Å². The van der Waals surface area contributed by atoms with Crippen LogP contribution in [0.5, 0.6) is 0 Å². The van der Waals surface area contributed by atoms with E-state index < -0.39 is 0 Å². The number of aromatic nitrogens is 2. The minimum atomic E-state index is -0.110. The standard InChI is InChI=1S/C14H18N4OS/c1-4-13-17-11(9-20-13)8-16-14(19)10-5-6-15-12(7-10)18(2)3/h5-7,9H,4,8H2,1-3H3,(H,16,19). The summed E-state index contributed by atoms with van der Waals surface area (Å²) < 4.78 is 0. The van der Waals surface area contributed by atoms with E-state index in [1.165, 1.54) is 0 Å².